The lowest BCUT2D eigenvalue weighted by Crippen LogP contribution is -2.28. The summed E-state index contributed by atoms with van der Waals surface area (Å²) in [7, 11) is 0. The Balaban J connectivity index is 0.00000180. The van der Waals surface area contributed by atoms with Crippen LogP contribution < -0.4 is 0 Å². The van der Waals surface area contributed by atoms with Crippen LogP contribution in [-0.2, 0) is 6.42 Å². The van der Waals surface area contributed by atoms with Crippen molar-refractivity contribution in [2.45, 2.75) is 39.2 Å². The molecule has 0 aliphatic carbocycles. The van der Waals surface area contributed by atoms with Crippen LogP contribution in [0.5, 0.6) is 0 Å². The molecule has 2 nitrogen and oxygen atoms in total. The van der Waals surface area contributed by atoms with Gasteiger partial charge in [0.05, 0.1) is 6.10 Å². The largest absolute Gasteiger partial charge is 0.388 e. The second-order valence-corrected chi connectivity index (χ2v) is 5.52. The van der Waals surface area contributed by atoms with Crippen molar-refractivity contribution >= 4 is 12.4 Å². The predicted molar refractivity (Wildman–Crippen MR) is 82.9 cm³/mol. The molecule has 1 N–H and O–H groups in total. The van der Waals surface area contributed by atoms with Gasteiger partial charge in [0, 0.05) is 6.54 Å². The summed E-state index contributed by atoms with van der Waals surface area (Å²) in [5, 5.41) is 10.4. The molecule has 1 aliphatic heterocycles. The van der Waals surface area contributed by atoms with Crippen LogP contribution in [0.15, 0.2) is 24.3 Å². The van der Waals surface area contributed by atoms with E-state index in [0.717, 1.165) is 18.5 Å². The molecule has 2 unspecified atom stereocenters. The van der Waals surface area contributed by atoms with E-state index >= 15 is 0 Å². The van der Waals surface area contributed by atoms with Gasteiger partial charge in [0.1, 0.15) is 0 Å². The van der Waals surface area contributed by atoms with E-state index in [1.54, 1.807) is 0 Å². The molecule has 1 aromatic rings. The molecule has 19 heavy (non-hydrogen) atoms. The summed E-state index contributed by atoms with van der Waals surface area (Å²) in [6.45, 7) is 7.71. The zero-order valence-electron chi connectivity index (χ0n) is 12.0. The number of halogens is 1. The van der Waals surface area contributed by atoms with Crippen LogP contribution in [0, 0.1) is 5.92 Å². The van der Waals surface area contributed by atoms with Crippen molar-refractivity contribution in [1.82, 2.24) is 4.90 Å². The Hall–Kier alpha value is -0.570. The third-order valence-electron chi connectivity index (χ3n) is 4.01. The lowest BCUT2D eigenvalue weighted by Gasteiger charge is -2.24. The number of hydrogen-bond donors (Lipinski definition) is 1. The van der Waals surface area contributed by atoms with Gasteiger partial charge in [-0.25, -0.2) is 0 Å². The monoisotopic (exact) mass is 283 g/mol. The van der Waals surface area contributed by atoms with Crippen molar-refractivity contribution in [3.63, 3.8) is 0 Å². The van der Waals surface area contributed by atoms with Crippen LogP contribution in [0.2, 0.25) is 0 Å². The van der Waals surface area contributed by atoms with Gasteiger partial charge >= 0.3 is 0 Å². The molecular formula is C16H26ClNO. The number of nitrogens with zero attached hydrogens (tertiary/aromatic N) is 1. The molecule has 0 saturated carbocycles. The van der Waals surface area contributed by atoms with Crippen LogP contribution in [0.25, 0.3) is 0 Å². The molecule has 0 amide bonds. The van der Waals surface area contributed by atoms with Crippen LogP contribution in [0.1, 0.15) is 43.9 Å². The fourth-order valence-corrected chi connectivity index (χ4v) is 2.75. The van der Waals surface area contributed by atoms with Crippen LogP contribution in [0.3, 0.4) is 0 Å². The smallest absolute Gasteiger partial charge is 0.0827 e. The van der Waals surface area contributed by atoms with Gasteiger partial charge in [0.2, 0.25) is 0 Å². The lowest BCUT2D eigenvalue weighted by atomic mass is 9.96. The van der Waals surface area contributed by atoms with E-state index in [2.05, 4.69) is 43.0 Å². The maximum absolute atomic E-state index is 10.4. The van der Waals surface area contributed by atoms with Gasteiger partial charge in [-0.2, -0.15) is 0 Å². The molecule has 2 rings (SSSR count). The maximum atomic E-state index is 10.4. The first-order chi connectivity index (χ1) is 8.70. The Labute approximate surface area is 123 Å². The molecule has 1 heterocycles. The Morgan fingerprint density at radius 1 is 1.16 bits per heavy atom. The summed E-state index contributed by atoms with van der Waals surface area (Å²) in [6.07, 6.45) is 3.35. The Morgan fingerprint density at radius 2 is 1.74 bits per heavy atom. The highest BCUT2D eigenvalue weighted by Crippen LogP contribution is 2.24. The number of likely N-dealkylation sites (tertiary alicyclic amines) is 1. The van der Waals surface area contributed by atoms with Crippen molar-refractivity contribution < 1.29 is 5.11 Å². The third-order valence-corrected chi connectivity index (χ3v) is 4.01. The third kappa shape index (κ3) is 4.48. The summed E-state index contributed by atoms with van der Waals surface area (Å²) in [5.74, 6) is 0.301. The van der Waals surface area contributed by atoms with E-state index in [4.69, 9.17) is 0 Å². The van der Waals surface area contributed by atoms with E-state index in [1.165, 1.54) is 31.5 Å². The molecule has 0 radical (unpaired) electrons. The Morgan fingerprint density at radius 3 is 2.26 bits per heavy atom. The predicted octanol–water partition coefficient (Wildman–Crippen LogP) is 3.44. The molecule has 1 aliphatic rings. The molecule has 0 bridgehead atoms. The highest BCUT2D eigenvalue weighted by Gasteiger charge is 2.21. The Bertz CT molecular complexity index is 360. The minimum atomic E-state index is -0.337. The fraction of sp³-hybridized carbons (Fsp3) is 0.625. The molecule has 1 saturated heterocycles. The van der Waals surface area contributed by atoms with Crippen molar-refractivity contribution in [3.8, 4) is 0 Å². The van der Waals surface area contributed by atoms with Gasteiger partial charge in [-0.15, -0.1) is 12.4 Å². The number of aliphatic hydroxyl groups is 1. The fourth-order valence-electron chi connectivity index (χ4n) is 2.75. The highest BCUT2D eigenvalue weighted by molar-refractivity contribution is 5.85. The van der Waals surface area contributed by atoms with Crippen molar-refractivity contribution in [2.75, 3.05) is 19.6 Å². The average Bonchev–Trinajstić information content (AvgIpc) is 2.91. The second-order valence-electron chi connectivity index (χ2n) is 5.52. The number of benzene rings is 1. The minimum Gasteiger partial charge on any atom is -0.388 e. The van der Waals surface area contributed by atoms with E-state index < -0.39 is 0 Å². The number of hydrogen-bond acceptors (Lipinski definition) is 2. The van der Waals surface area contributed by atoms with Gasteiger partial charge in [-0.1, -0.05) is 38.1 Å². The van der Waals surface area contributed by atoms with Crippen LogP contribution in [0.4, 0.5) is 0 Å². The van der Waals surface area contributed by atoms with E-state index in [1.807, 2.05) is 0 Å². The van der Waals surface area contributed by atoms with Crippen LogP contribution in [-0.4, -0.2) is 29.6 Å². The van der Waals surface area contributed by atoms with Gasteiger partial charge in [-0.05, 0) is 49.4 Å². The molecule has 0 spiro atoms. The molecule has 1 fully saturated rings. The number of aliphatic hydroxyl groups excluding tert-OH is 1. The zero-order chi connectivity index (χ0) is 13.0. The SMILES string of the molecule is CCc1ccc(C(O)C(C)CN2CCCC2)cc1.Cl. The van der Waals surface area contributed by atoms with Gasteiger partial charge in [0.25, 0.3) is 0 Å². The summed E-state index contributed by atoms with van der Waals surface area (Å²) in [4.78, 5) is 2.47. The molecule has 108 valence electrons. The van der Waals surface area contributed by atoms with Crippen LogP contribution >= 0.6 is 12.4 Å². The standard InChI is InChI=1S/C16H25NO.ClH/c1-3-14-6-8-15(9-7-14)16(18)13(2)12-17-10-4-5-11-17;/h6-9,13,16,18H,3-5,10-12H2,1-2H3;1H. The molecule has 0 aromatic heterocycles. The Kier molecular flexibility index (Phi) is 6.84. The lowest BCUT2D eigenvalue weighted by molar-refractivity contribution is 0.0945. The number of aryl methyl sites for hydroxylation is 1. The van der Waals surface area contributed by atoms with E-state index in [-0.39, 0.29) is 18.5 Å². The van der Waals surface area contributed by atoms with Crippen molar-refractivity contribution in [1.29, 1.82) is 0 Å². The zero-order valence-corrected chi connectivity index (χ0v) is 12.8. The van der Waals surface area contributed by atoms with Crippen molar-refractivity contribution in [3.05, 3.63) is 35.4 Å². The first kappa shape index (κ1) is 16.5. The minimum absolute atomic E-state index is 0. The topological polar surface area (TPSA) is 23.5 Å². The molecule has 1 aromatic carbocycles. The number of rotatable bonds is 5. The first-order valence-electron chi connectivity index (χ1n) is 7.20. The average molecular weight is 284 g/mol. The van der Waals surface area contributed by atoms with E-state index in [0.29, 0.717) is 5.92 Å². The maximum Gasteiger partial charge on any atom is 0.0827 e. The summed E-state index contributed by atoms with van der Waals surface area (Å²) < 4.78 is 0. The van der Waals surface area contributed by atoms with E-state index in [9.17, 15) is 5.11 Å². The van der Waals surface area contributed by atoms with Crippen molar-refractivity contribution in [2.24, 2.45) is 5.92 Å². The summed E-state index contributed by atoms with van der Waals surface area (Å²) in [5.41, 5.74) is 2.39. The first-order valence-corrected chi connectivity index (χ1v) is 7.20. The van der Waals surface area contributed by atoms with Gasteiger partial charge in [-0.3, -0.25) is 0 Å². The highest BCUT2D eigenvalue weighted by atomic mass is 35.5. The molecular weight excluding hydrogens is 258 g/mol. The summed E-state index contributed by atoms with van der Waals surface area (Å²) in [6, 6.07) is 8.40. The second kappa shape index (κ2) is 7.88. The summed E-state index contributed by atoms with van der Waals surface area (Å²) >= 11 is 0. The quantitative estimate of drug-likeness (QED) is 0.895. The molecule has 3 heteroatoms. The van der Waals surface area contributed by atoms with Gasteiger partial charge < -0.3 is 10.0 Å². The normalized spacial score (nSPS) is 18.9. The molecule has 2 atom stereocenters. The van der Waals surface area contributed by atoms with Gasteiger partial charge in [0.15, 0.2) is 0 Å².